The number of aliphatic hydroxyl groups excluding tert-OH is 1. The van der Waals surface area contributed by atoms with E-state index in [0.29, 0.717) is 5.56 Å². The standard InChI is InChI=1S/C24H18O3S2/c1-28-16-11-13-17(14-12-16)29-24(15-7-3-2-4-8-15)20-21(25)18-9-5-6-10-19(18)22(26)23(20)27/h2-14,24-25H,1H3. The Labute approximate surface area is 177 Å². The molecule has 1 atom stereocenters. The first kappa shape index (κ1) is 19.6. The predicted molar refractivity (Wildman–Crippen MR) is 119 cm³/mol. The summed E-state index contributed by atoms with van der Waals surface area (Å²) in [6, 6.07) is 24.2. The summed E-state index contributed by atoms with van der Waals surface area (Å²) in [5, 5.41) is 10.5. The minimum Gasteiger partial charge on any atom is -0.507 e. The van der Waals surface area contributed by atoms with Gasteiger partial charge in [0.1, 0.15) is 5.76 Å². The average molecular weight is 419 g/mol. The summed E-state index contributed by atoms with van der Waals surface area (Å²) in [4.78, 5) is 27.9. The molecule has 0 aromatic heterocycles. The van der Waals surface area contributed by atoms with E-state index in [2.05, 4.69) is 0 Å². The lowest BCUT2D eigenvalue weighted by molar-refractivity contribution is -0.112. The number of aliphatic hydroxyl groups is 1. The van der Waals surface area contributed by atoms with Crippen LogP contribution in [0.25, 0.3) is 5.76 Å². The van der Waals surface area contributed by atoms with Gasteiger partial charge in [-0.25, -0.2) is 0 Å². The second kappa shape index (κ2) is 8.31. The van der Waals surface area contributed by atoms with E-state index in [4.69, 9.17) is 0 Å². The second-order valence-corrected chi connectivity index (χ2v) is 8.61. The molecule has 0 bridgehead atoms. The highest BCUT2D eigenvalue weighted by Gasteiger charge is 2.37. The number of thioether (sulfide) groups is 2. The average Bonchev–Trinajstić information content (AvgIpc) is 2.78. The van der Waals surface area contributed by atoms with Crippen molar-refractivity contribution in [2.24, 2.45) is 0 Å². The summed E-state index contributed by atoms with van der Waals surface area (Å²) in [7, 11) is 0. The van der Waals surface area contributed by atoms with Crippen LogP contribution in [-0.2, 0) is 4.79 Å². The molecule has 0 fully saturated rings. The molecule has 0 radical (unpaired) electrons. The summed E-state index contributed by atoms with van der Waals surface area (Å²) in [6.07, 6.45) is 2.02. The number of benzene rings is 3. The number of carbonyl (C=O) groups excluding carboxylic acids is 2. The van der Waals surface area contributed by atoms with Gasteiger partial charge in [0.2, 0.25) is 11.6 Å². The maximum Gasteiger partial charge on any atom is 0.234 e. The van der Waals surface area contributed by atoms with Crippen LogP contribution in [0.5, 0.6) is 0 Å². The Balaban J connectivity index is 1.84. The van der Waals surface area contributed by atoms with Gasteiger partial charge in [-0.1, -0.05) is 54.6 Å². The van der Waals surface area contributed by atoms with Crippen LogP contribution in [0.3, 0.4) is 0 Å². The maximum absolute atomic E-state index is 13.0. The van der Waals surface area contributed by atoms with Gasteiger partial charge in [0.25, 0.3) is 0 Å². The summed E-state index contributed by atoms with van der Waals surface area (Å²) in [5.41, 5.74) is 1.65. The Bertz CT molecular complexity index is 1100. The van der Waals surface area contributed by atoms with E-state index in [1.807, 2.05) is 60.9 Å². The van der Waals surface area contributed by atoms with E-state index in [9.17, 15) is 14.7 Å². The van der Waals surface area contributed by atoms with Crippen molar-refractivity contribution in [1.82, 2.24) is 0 Å². The molecule has 0 aliphatic heterocycles. The lowest BCUT2D eigenvalue weighted by Gasteiger charge is -2.24. The molecule has 3 aromatic carbocycles. The number of hydrogen-bond acceptors (Lipinski definition) is 5. The largest absolute Gasteiger partial charge is 0.507 e. The normalized spacial score (nSPS) is 14.7. The lowest BCUT2D eigenvalue weighted by atomic mass is 9.85. The first-order chi connectivity index (χ1) is 14.1. The topological polar surface area (TPSA) is 54.4 Å². The van der Waals surface area contributed by atoms with Crippen molar-refractivity contribution >= 4 is 40.8 Å². The van der Waals surface area contributed by atoms with Crippen LogP contribution < -0.4 is 0 Å². The molecule has 5 heteroatoms. The smallest absolute Gasteiger partial charge is 0.234 e. The number of carbonyl (C=O) groups is 2. The zero-order valence-electron chi connectivity index (χ0n) is 15.7. The molecule has 0 spiro atoms. The van der Waals surface area contributed by atoms with Crippen LogP contribution in [-0.4, -0.2) is 22.9 Å². The monoisotopic (exact) mass is 418 g/mol. The van der Waals surface area contributed by atoms with E-state index >= 15 is 0 Å². The highest BCUT2D eigenvalue weighted by molar-refractivity contribution is 8.00. The third-order valence-corrected chi connectivity index (χ3v) is 6.84. The lowest BCUT2D eigenvalue weighted by Crippen LogP contribution is -2.26. The molecule has 3 nitrogen and oxygen atoms in total. The van der Waals surface area contributed by atoms with E-state index < -0.39 is 16.8 Å². The van der Waals surface area contributed by atoms with Gasteiger partial charge >= 0.3 is 0 Å². The van der Waals surface area contributed by atoms with Crippen molar-refractivity contribution < 1.29 is 14.7 Å². The molecule has 1 aliphatic carbocycles. The van der Waals surface area contributed by atoms with Crippen LogP contribution >= 0.6 is 23.5 Å². The SMILES string of the molecule is CSc1ccc(SC(C2=C(O)c3ccccc3C(=O)C2=O)c2ccccc2)cc1. The summed E-state index contributed by atoms with van der Waals surface area (Å²) >= 11 is 3.11. The van der Waals surface area contributed by atoms with Crippen molar-refractivity contribution in [2.75, 3.05) is 6.26 Å². The van der Waals surface area contributed by atoms with Gasteiger partial charge in [0.15, 0.2) is 0 Å². The van der Waals surface area contributed by atoms with E-state index in [0.717, 1.165) is 15.4 Å². The summed E-state index contributed by atoms with van der Waals surface area (Å²) < 4.78 is 0. The van der Waals surface area contributed by atoms with Gasteiger partial charge in [0.05, 0.1) is 10.8 Å². The van der Waals surface area contributed by atoms with Crippen molar-refractivity contribution in [1.29, 1.82) is 0 Å². The van der Waals surface area contributed by atoms with Crippen molar-refractivity contribution in [2.45, 2.75) is 15.0 Å². The first-order valence-electron chi connectivity index (χ1n) is 9.07. The molecule has 1 N–H and O–H groups in total. The molecule has 0 saturated heterocycles. The van der Waals surface area contributed by atoms with Gasteiger partial charge in [-0.15, -0.1) is 23.5 Å². The van der Waals surface area contributed by atoms with Crippen molar-refractivity contribution in [3.8, 4) is 0 Å². The molecule has 1 unspecified atom stereocenters. The van der Waals surface area contributed by atoms with Crippen LogP contribution in [0.1, 0.15) is 26.7 Å². The fraction of sp³-hybridized carbons (Fsp3) is 0.0833. The summed E-state index contributed by atoms with van der Waals surface area (Å²) in [6.45, 7) is 0. The molecule has 0 heterocycles. The van der Waals surface area contributed by atoms with Gasteiger partial charge in [-0.3, -0.25) is 9.59 Å². The van der Waals surface area contributed by atoms with Gasteiger partial charge in [0, 0.05) is 20.9 Å². The van der Waals surface area contributed by atoms with E-state index in [1.54, 1.807) is 36.0 Å². The number of hydrogen-bond donors (Lipinski definition) is 1. The Hall–Kier alpha value is -2.76. The van der Waals surface area contributed by atoms with Crippen LogP contribution in [0.15, 0.2) is 94.2 Å². The van der Waals surface area contributed by atoms with Gasteiger partial charge in [-0.05, 0) is 36.1 Å². The number of Topliss-reactive ketones (excluding diaryl/α,β-unsaturated/α-hetero) is 2. The molecule has 1 aliphatic rings. The Kier molecular flexibility index (Phi) is 5.60. The minimum absolute atomic E-state index is 0.118. The molecule has 144 valence electrons. The highest BCUT2D eigenvalue weighted by Crippen LogP contribution is 2.45. The minimum atomic E-state index is -0.650. The van der Waals surface area contributed by atoms with E-state index in [-0.39, 0.29) is 16.9 Å². The first-order valence-corrected chi connectivity index (χ1v) is 11.2. The van der Waals surface area contributed by atoms with Crippen LogP contribution in [0.4, 0.5) is 0 Å². The zero-order valence-corrected chi connectivity index (χ0v) is 17.3. The number of rotatable bonds is 5. The number of fused-ring (bicyclic) bond motifs is 1. The third kappa shape index (κ3) is 3.76. The van der Waals surface area contributed by atoms with Crippen LogP contribution in [0.2, 0.25) is 0 Å². The fourth-order valence-electron chi connectivity index (χ4n) is 3.34. The Morgan fingerprint density at radius 3 is 1.97 bits per heavy atom. The Morgan fingerprint density at radius 2 is 1.31 bits per heavy atom. The van der Waals surface area contributed by atoms with Crippen LogP contribution in [0, 0.1) is 0 Å². The quantitative estimate of drug-likeness (QED) is 0.408. The predicted octanol–water partition coefficient (Wildman–Crippen LogP) is 5.98. The second-order valence-electron chi connectivity index (χ2n) is 6.55. The molecule has 29 heavy (non-hydrogen) atoms. The highest BCUT2D eigenvalue weighted by atomic mass is 32.2. The summed E-state index contributed by atoms with van der Waals surface area (Å²) in [5.74, 6) is -1.34. The molecule has 0 saturated carbocycles. The molecular formula is C24H18O3S2. The third-order valence-electron chi connectivity index (χ3n) is 4.81. The van der Waals surface area contributed by atoms with E-state index in [1.165, 1.54) is 11.8 Å². The van der Waals surface area contributed by atoms with Gasteiger partial charge in [-0.2, -0.15) is 0 Å². The fourth-order valence-corrected chi connectivity index (χ4v) is 4.94. The number of ketones is 2. The van der Waals surface area contributed by atoms with Crippen molar-refractivity contribution in [3.05, 3.63) is 101 Å². The van der Waals surface area contributed by atoms with Crippen molar-refractivity contribution in [3.63, 3.8) is 0 Å². The van der Waals surface area contributed by atoms with Gasteiger partial charge < -0.3 is 5.11 Å². The molecule has 3 aromatic rings. The molecular weight excluding hydrogens is 400 g/mol. The molecule has 0 amide bonds. The zero-order chi connectivity index (χ0) is 20.4. The maximum atomic E-state index is 13.0. The Morgan fingerprint density at radius 1 is 0.724 bits per heavy atom. The molecule has 4 rings (SSSR count).